The Labute approximate surface area is 95.6 Å². The van der Waals surface area contributed by atoms with Crippen molar-refractivity contribution in [2.24, 2.45) is 11.8 Å². The summed E-state index contributed by atoms with van der Waals surface area (Å²) in [5.74, 6) is 0.0668. The van der Waals surface area contributed by atoms with Gasteiger partial charge < -0.3 is 5.11 Å². The largest absolute Gasteiger partial charge is 0.393 e. The molecular formula is C12H19NO3. The highest BCUT2D eigenvalue weighted by atomic mass is 16.3. The number of carbonyl (C=O) groups excluding carboxylic acids is 2. The fourth-order valence-electron chi connectivity index (χ4n) is 2.97. The van der Waals surface area contributed by atoms with Gasteiger partial charge in [0, 0.05) is 17.9 Å². The molecule has 0 spiro atoms. The summed E-state index contributed by atoms with van der Waals surface area (Å²) in [6, 6.07) is -0.177. The number of aliphatic hydroxyl groups excluding tert-OH is 1. The van der Waals surface area contributed by atoms with Gasteiger partial charge in [0.15, 0.2) is 0 Å². The van der Waals surface area contributed by atoms with Gasteiger partial charge in [-0.05, 0) is 39.5 Å². The highest BCUT2D eigenvalue weighted by Gasteiger charge is 2.46. The van der Waals surface area contributed by atoms with Crippen LogP contribution in [0.25, 0.3) is 0 Å². The summed E-state index contributed by atoms with van der Waals surface area (Å²) in [5, 5.41) is 9.32. The van der Waals surface area contributed by atoms with E-state index in [9.17, 15) is 14.7 Å². The first-order chi connectivity index (χ1) is 7.50. The lowest BCUT2D eigenvalue weighted by molar-refractivity contribution is -0.155. The summed E-state index contributed by atoms with van der Waals surface area (Å²) in [5.41, 5.74) is 0. The van der Waals surface area contributed by atoms with Gasteiger partial charge in [-0.2, -0.15) is 0 Å². The lowest BCUT2D eigenvalue weighted by atomic mass is 9.94. The van der Waals surface area contributed by atoms with E-state index in [1.165, 1.54) is 4.90 Å². The number of carbonyl (C=O) groups is 2. The Hall–Kier alpha value is -0.900. The first-order valence-electron chi connectivity index (χ1n) is 6.05. The van der Waals surface area contributed by atoms with Gasteiger partial charge in [-0.3, -0.25) is 14.5 Å². The average Bonchev–Trinajstić information content (AvgIpc) is 2.60. The van der Waals surface area contributed by atoms with E-state index < -0.39 is 6.10 Å². The lowest BCUT2D eigenvalue weighted by Crippen LogP contribution is -2.51. The molecule has 2 rings (SSSR count). The molecule has 0 aromatic rings. The predicted octanol–water partition coefficient (Wildman–Crippen LogP) is 0.931. The molecule has 2 aliphatic rings. The van der Waals surface area contributed by atoms with Crippen molar-refractivity contribution in [3.63, 3.8) is 0 Å². The molecule has 2 bridgehead atoms. The Morgan fingerprint density at radius 1 is 1.25 bits per heavy atom. The Balaban J connectivity index is 2.13. The van der Waals surface area contributed by atoms with Gasteiger partial charge in [0.1, 0.15) is 0 Å². The molecule has 90 valence electrons. The first kappa shape index (κ1) is 11.6. The molecule has 4 unspecified atom stereocenters. The van der Waals surface area contributed by atoms with Crippen LogP contribution in [-0.4, -0.2) is 34.0 Å². The molecule has 2 fully saturated rings. The Kier molecular flexibility index (Phi) is 3.02. The molecule has 4 heteroatoms. The van der Waals surface area contributed by atoms with Crippen LogP contribution in [0.2, 0.25) is 0 Å². The van der Waals surface area contributed by atoms with Crippen LogP contribution in [0.15, 0.2) is 0 Å². The zero-order valence-electron chi connectivity index (χ0n) is 9.85. The Bertz CT molecular complexity index is 291. The van der Waals surface area contributed by atoms with Crippen LogP contribution < -0.4 is 0 Å². The Morgan fingerprint density at radius 3 is 2.19 bits per heavy atom. The number of hydrogen-bond acceptors (Lipinski definition) is 3. The molecule has 4 atom stereocenters. The summed E-state index contributed by atoms with van der Waals surface area (Å²) >= 11 is 0. The second kappa shape index (κ2) is 4.17. The van der Waals surface area contributed by atoms with Crippen LogP contribution in [-0.2, 0) is 9.59 Å². The molecule has 1 aliphatic heterocycles. The highest BCUT2D eigenvalue weighted by Crippen LogP contribution is 2.39. The lowest BCUT2D eigenvalue weighted by Gasteiger charge is -2.34. The Morgan fingerprint density at radius 2 is 1.75 bits per heavy atom. The molecule has 1 saturated carbocycles. The number of likely N-dealkylation sites (tertiary alicyclic amines) is 1. The smallest absolute Gasteiger partial charge is 0.232 e. The van der Waals surface area contributed by atoms with Gasteiger partial charge in [0.25, 0.3) is 0 Å². The third-order valence-corrected chi connectivity index (χ3v) is 3.73. The quantitative estimate of drug-likeness (QED) is 0.727. The first-order valence-corrected chi connectivity index (χ1v) is 6.05. The van der Waals surface area contributed by atoms with E-state index in [2.05, 4.69) is 0 Å². The molecule has 1 saturated heterocycles. The van der Waals surface area contributed by atoms with Crippen LogP contribution in [0.5, 0.6) is 0 Å². The summed E-state index contributed by atoms with van der Waals surface area (Å²) < 4.78 is 0. The number of hydrogen-bond donors (Lipinski definition) is 1. The summed E-state index contributed by atoms with van der Waals surface area (Å²) in [7, 11) is 0. The van der Waals surface area contributed by atoms with E-state index in [-0.39, 0.29) is 29.7 Å². The molecule has 0 aromatic heterocycles. The van der Waals surface area contributed by atoms with Gasteiger partial charge in [0.05, 0.1) is 6.10 Å². The molecule has 0 aromatic carbocycles. The maximum Gasteiger partial charge on any atom is 0.232 e. The third kappa shape index (κ3) is 1.86. The fraction of sp³-hybridized carbons (Fsp3) is 0.833. The molecule has 1 aliphatic carbocycles. The minimum absolute atomic E-state index is 0.0214. The van der Waals surface area contributed by atoms with E-state index in [0.29, 0.717) is 6.42 Å². The minimum atomic E-state index is -0.477. The standard InChI is InChI=1S/C12H19NO3/c1-7(5-8(2)14)13-11(15)9-3-4-10(6-9)12(13)16/h7-10,14H,3-6H2,1-2H3. The number of amides is 2. The molecule has 0 radical (unpaired) electrons. The summed E-state index contributed by atoms with van der Waals surface area (Å²) in [6.07, 6.45) is 2.45. The van der Waals surface area contributed by atoms with E-state index in [0.717, 1.165) is 19.3 Å². The summed E-state index contributed by atoms with van der Waals surface area (Å²) in [4.78, 5) is 25.5. The number of imide groups is 1. The second-order valence-electron chi connectivity index (χ2n) is 5.19. The third-order valence-electron chi connectivity index (χ3n) is 3.73. The fourth-order valence-corrected chi connectivity index (χ4v) is 2.97. The van der Waals surface area contributed by atoms with Gasteiger partial charge in [-0.1, -0.05) is 0 Å². The van der Waals surface area contributed by atoms with Crippen molar-refractivity contribution >= 4 is 11.8 Å². The molecule has 16 heavy (non-hydrogen) atoms. The van der Waals surface area contributed by atoms with Crippen molar-refractivity contribution in [3.05, 3.63) is 0 Å². The zero-order chi connectivity index (χ0) is 11.9. The predicted molar refractivity (Wildman–Crippen MR) is 58.4 cm³/mol. The van der Waals surface area contributed by atoms with Crippen molar-refractivity contribution < 1.29 is 14.7 Å². The summed E-state index contributed by atoms with van der Waals surface area (Å²) in [6.45, 7) is 3.53. The van der Waals surface area contributed by atoms with Crippen molar-refractivity contribution in [1.29, 1.82) is 0 Å². The minimum Gasteiger partial charge on any atom is -0.393 e. The second-order valence-corrected chi connectivity index (χ2v) is 5.19. The van der Waals surface area contributed by atoms with E-state index in [4.69, 9.17) is 0 Å². The van der Waals surface area contributed by atoms with Crippen molar-refractivity contribution in [3.8, 4) is 0 Å². The van der Waals surface area contributed by atoms with E-state index in [1.54, 1.807) is 6.92 Å². The van der Waals surface area contributed by atoms with Crippen LogP contribution in [0.3, 0.4) is 0 Å². The topological polar surface area (TPSA) is 57.6 Å². The molecule has 1 heterocycles. The zero-order valence-corrected chi connectivity index (χ0v) is 9.85. The van der Waals surface area contributed by atoms with Crippen molar-refractivity contribution in [2.75, 3.05) is 0 Å². The van der Waals surface area contributed by atoms with E-state index >= 15 is 0 Å². The monoisotopic (exact) mass is 225 g/mol. The average molecular weight is 225 g/mol. The number of piperidine rings is 1. The van der Waals surface area contributed by atoms with Crippen molar-refractivity contribution in [1.82, 2.24) is 4.90 Å². The van der Waals surface area contributed by atoms with Gasteiger partial charge >= 0.3 is 0 Å². The number of rotatable bonds is 3. The molecular weight excluding hydrogens is 206 g/mol. The maximum atomic E-state index is 12.0. The SMILES string of the molecule is CC(O)CC(C)N1C(=O)C2CCC(C2)C1=O. The van der Waals surface area contributed by atoms with Gasteiger partial charge in [-0.25, -0.2) is 0 Å². The normalized spacial score (nSPS) is 33.1. The van der Waals surface area contributed by atoms with Crippen LogP contribution >= 0.6 is 0 Å². The molecule has 2 amide bonds. The van der Waals surface area contributed by atoms with E-state index in [1.807, 2.05) is 6.92 Å². The molecule has 1 N–H and O–H groups in total. The maximum absolute atomic E-state index is 12.0. The number of nitrogens with zero attached hydrogens (tertiary/aromatic N) is 1. The van der Waals surface area contributed by atoms with Gasteiger partial charge in [0.2, 0.25) is 11.8 Å². The van der Waals surface area contributed by atoms with Gasteiger partial charge in [-0.15, -0.1) is 0 Å². The van der Waals surface area contributed by atoms with Crippen LogP contribution in [0.4, 0.5) is 0 Å². The molecule has 4 nitrogen and oxygen atoms in total. The number of fused-ring (bicyclic) bond motifs is 2. The number of aliphatic hydroxyl groups is 1. The van der Waals surface area contributed by atoms with Crippen molar-refractivity contribution in [2.45, 2.75) is 51.7 Å². The van der Waals surface area contributed by atoms with Crippen LogP contribution in [0.1, 0.15) is 39.5 Å². The van der Waals surface area contributed by atoms with Crippen LogP contribution in [0, 0.1) is 11.8 Å². The highest BCUT2D eigenvalue weighted by molar-refractivity contribution is 6.01.